The molecule has 0 radical (unpaired) electrons. The van der Waals surface area contributed by atoms with E-state index in [2.05, 4.69) is 15.3 Å². The third-order valence-electron chi connectivity index (χ3n) is 2.58. The topological polar surface area (TPSA) is 37.8 Å². The van der Waals surface area contributed by atoms with Crippen molar-refractivity contribution < 1.29 is 0 Å². The van der Waals surface area contributed by atoms with Crippen molar-refractivity contribution >= 4 is 0 Å². The van der Waals surface area contributed by atoms with Gasteiger partial charge < -0.3 is 5.32 Å². The fraction of sp³-hybridized carbons (Fsp3) is 0.600. The summed E-state index contributed by atoms with van der Waals surface area (Å²) in [6.07, 6.45) is 7.29. The molecule has 0 amide bonds. The average molecular weight is 177 g/mol. The van der Waals surface area contributed by atoms with Crippen LogP contribution < -0.4 is 5.32 Å². The lowest BCUT2D eigenvalue weighted by Crippen LogP contribution is -2.30. The fourth-order valence-corrected chi connectivity index (χ4v) is 1.64. The molecule has 0 aliphatic heterocycles. The molecule has 1 heterocycles. The van der Waals surface area contributed by atoms with Gasteiger partial charge in [0.05, 0.1) is 0 Å². The molecule has 0 bridgehead atoms. The van der Waals surface area contributed by atoms with E-state index in [1.54, 1.807) is 0 Å². The third kappa shape index (κ3) is 2.25. The summed E-state index contributed by atoms with van der Waals surface area (Å²) in [5.41, 5.74) is 0. The second-order valence-corrected chi connectivity index (χ2v) is 3.60. The number of rotatable bonds is 4. The molecule has 70 valence electrons. The van der Waals surface area contributed by atoms with Gasteiger partial charge in [0.15, 0.2) is 0 Å². The van der Waals surface area contributed by atoms with Gasteiger partial charge in [-0.05, 0) is 31.9 Å². The largest absolute Gasteiger partial charge is 0.316 e. The molecule has 1 fully saturated rings. The standard InChI is InChI=1S/C10H15N3/c1-11-9(8-3-4-8)7-10-12-5-2-6-13-10/h2,5-6,8-9,11H,3-4,7H2,1H3. The highest BCUT2D eigenvalue weighted by atomic mass is 14.9. The smallest absolute Gasteiger partial charge is 0.129 e. The van der Waals surface area contributed by atoms with Crippen molar-refractivity contribution in [1.82, 2.24) is 15.3 Å². The predicted octanol–water partition coefficient (Wildman–Crippen LogP) is 1.02. The van der Waals surface area contributed by atoms with Crippen molar-refractivity contribution in [3.8, 4) is 0 Å². The number of hydrogen-bond donors (Lipinski definition) is 1. The van der Waals surface area contributed by atoms with Crippen molar-refractivity contribution in [2.24, 2.45) is 5.92 Å². The lowest BCUT2D eigenvalue weighted by Gasteiger charge is -2.13. The molecule has 0 saturated heterocycles. The zero-order chi connectivity index (χ0) is 9.10. The first kappa shape index (κ1) is 8.63. The van der Waals surface area contributed by atoms with E-state index in [1.807, 2.05) is 25.5 Å². The lowest BCUT2D eigenvalue weighted by atomic mass is 10.1. The number of nitrogens with zero attached hydrogens (tertiary/aromatic N) is 2. The molecule has 0 aromatic carbocycles. The van der Waals surface area contributed by atoms with Gasteiger partial charge in [-0.1, -0.05) is 0 Å². The summed E-state index contributed by atoms with van der Waals surface area (Å²) in [5, 5.41) is 3.33. The van der Waals surface area contributed by atoms with E-state index in [0.717, 1.165) is 18.2 Å². The van der Waals surface area contributed by atoms with Crippen LogP contribution in [0.4, 0.5) is 0 Å². The van der Waals surface area contributed by atoms with E-state index in [4.69, 9.17) is 0 Å². The highest BCUT2D eigenvalue weighted by Gasteiger charge is 2.30. The number of aromatic nitrogens is 2. The van der Waals surface area contributed by atoms with E-state index in [0.29, 0.717) is 6.04 Å². The van der Waals surface area contributed by atoms with Gasteiger partial charge in [-0.15, -0.1) is 0 Å². The molecule has 0 spiro atoms. The maximum atomic E-state index is 4.23. The Bertz CT molecular complexity index is 256. The maximum Gasteiger partial charge on any atom is 0.129 e. The Morgan fingerprint density at radius 3 is 2.69 bits per heavy atom. The Kier molecular flexibility index (Phi) is 2.54. The molecule has 1 unspecified atom stereocenters. The van der Waals surface area contributed by atoms with Gasteiger partial charge in [0.1, 0.15) is 5.82 Å². The Labute approximate surface area is 78.6 Å². The SMILES string of the molecule is CNC(Cc1ncccn1)C1CC1. The van der Waals surface area contributed by atoms with E-state index < -0.39 is 0 Å². The van der Waals surface area contributed by atoms with Gasteiger partial charge in [-0.3, -0.25) is 0 Å². The van der Waals surface area contributed by atoms with Crippen LogP contribution in [0.15, 0.2) is 18.5 Å². The molecule has 3 heteroatoms. The number of likely N-dealkylation sites (N-methyl/N-ethyl adjacent to an activating group) is 1. The summed E-state index contributed by atoms with van der Waals surface area (Å²) in [4.78, 5) is 8.45. The molecular formula is C10H15N3. The summed E-state index contributed by atoms with van der Waals surface area (Å²) >= 11 is 0. The average Bonchev–Trinajstić information content (AvgIpc) is 2.99. The molecule has 3 nitrogen and oxygen atoms in total. The van der Waals surface area contributed by atoms with Crippen molar-refractivity contribution in [3.63, 3.8) is 0 Å². The highest BCUT2D eigenvalue weighted by molar-refractivity contribution is 4.96. The van der Waals surface area contributed by atoms with Crippen LogP contribution in [0.3, 0.4) is 0 Å². The molecule has 1 aliphatic carbocycles. The van der Waals surface area contributed by atoms with Crippen LogP contribution >= 0.6 is 0 Å². The second kappa shape index (κ2) is 3.83. The number of nitrogens with one attached hydrogen (secondary N) is 1. The quantitative estimate of drug-likeness (QED) is 0.746. The van der Waals surface area contributed by atoms with Crippen molar-refractivity contribution in [2.45, 2.75) is 25.3 Å². The normalized spacial score (nSPS) is 18.5. The maximum absolute atomic E-state index is 4.23. The summed E-state index contributed by atoms with van der Waals surface area (Å²) < 4.78 is 0. The Morgan fingerprint density at radius 2 is 2.15 bits per heavy atom. The second-order valence-electron chi connectivity index (χ2n) is 3.60. The molecule has 1 aromatic heterocycles. The van der Waals surface area contributed by atoms with E-state index in [9.17, 15) is 0 Å². The van der Waals surface area contributed by atoms with Gasteiger partial charge in [-0.25, -0.2) is 9.97 Å². The van der Waals surface area contributed by atoms with Gasteiger partial charge in [-0.2, -0.15) is 0 Å². The van der Waals surface area contributed by atoms with Crippen LogP contribution in [-0.4, -0.2) is 23.1 Å². The van der Waals surface area contributed by atoms with Crippen molar-refractivity contribution in [2.75, 3.05) is 7.05 Å². The van der Waals surface area contributed by atoms with E-state index >= 15 is 0 Å². The van der Waals surface area contributed by atoms with Gasteiger partial charge in [0.2, 0.25) is 0 Å². The third-order valence-corrected chi connectivity index (χ3v) is 2.58. The first-order valence-electron chi connectivity index (χ1n) is 4.83. The van der Waals surface area contributed by atoms with Crippen LogP contribution in [-0.2, 0) is 6.42 Å². The fourth-order valence-electron chi connectivity index (χ4n) is 1.64. The molecule has 1 atom stereocenters. The van der Waals surface area contributed by atoms with Gasteiger partial charge in [0, 0.05) is 24.9 Å². The molecule has 1 aromatic rings. The highest BCUT2D eigenvalue weighted by Crippen LogP contribution is 2.33. The molecule has 2 rings (SSSR count). The zero-order valence-electron chi connectivity index (χ0n) is 7.90. The first-order chi connectivity index (χ1) is 6.40. The summed E-state index contributed by atoms with van der Waals surface area (Å²) in [6, 6.07) is 2.43. The minimum atomic E-state index is 0.572. The van der Waals surface area contributed by atoms with Gasteiger partial charge >= 0.3 is 0 Å². The molecule has 1 saturated carbocycles. The molecule has 1 aliphatic rings. The molecule has 1 N–H and O–H groups in total. The van der Waals surface area contributed by atoms with Crippen LogP contribution in [0.25, 0.3) is 0 Å². The number of hydrogen-bond acceptors (Lipinski definition) is 3. The Balaban J connectivity index is 1.95. The van der Waals surface area contributed by atoms with Crippen molar-refractivity contribution in [1.29, 1.82) is 0 Å². The van der Waals surface area contributed by atoms with Crippen LogP contribution in [0.2, 0.25) is 0 Å². The van der Waals surface area contributed by atoms with Gasteiger partial charge in [0.25, 0.3) is 0 Å². The first-order valence-corrected chi connectivity index (χ1v) is 4.83. The Hall–Kier alpha value is -0.960. The predicted molar refractivity (Wildman–Crippen MR) is 51.3 cm³/mol. The summed E-state index contributed by atoms with van der Waals surface area (Å²) in [5.74, 6) is 1.81. The van der Waals surface area contributed by atoms with Crippen LogP contribution in [0.1, 0.15) is 18.7 Å². The zero-order valence-corrected chi connectivity index (χ0v) is 7.90. The Morgan fingerprint density at radius 1 is 1.46 bits per heavy atom. The van der Waals surface area contributed by atoms with Crippen LogP contribution in [0, 0.1) is 5.92 Å². The van der Waals surface area contributed by atoms with E-state index in [-0.39, 0.29) is 0 Å². The van der Waals surface area contributed by atoms with Crippen LogP contribution in [0.5, 0.6) is 0 Å². The van der Waals surface area contributed by atoms with Crippen molar-refractivity contribution in [3.05, 3.63) is 24.3 Å². The molecular weight excluding hydrogens is 162 g/mol. The lowest BCUT2D eigenvalue weighted by molar-refractivity contribution is 0.490. The summed E-state index contributed by atoms with van der Waals surface area (Å²) in [7, 11) is 2.02. The monoisotopic (exact) mass is 177 g/mol. The minimum Gasteiger partial charge on any atom is -0.316 e. The minimum absolute atomic E-state index is 0.572. The van der Waals surface area contributed by atoms with E-state index in [1.165, 1.54) is 12.8 Å². The molecule has 13 heavy (non-hydrogen) atoms. The summed E-state index contributed by atoms with van der Waals surface area (Å²) in [6.45, 7) is 0.